The zero-order chi connectivity index (χ0) is 14.1. The average Bonchev–Trinajstić information content (AvgIpc) is 2.26. The average molecular weight is 259 g/mol. The van der Waals surface area contributed by atoms with Crippen molar-refractivity contribution in [3.05, 3.63) is 30.3 Å². The highest BCUT2D eigenvalue weighted by Crippen LogP contribution is 2.44. The summed E-state index contributed by atoms with van der Waals surface area (Å²) in [6.45, 7) is 6.00. The van der Waals surface area contributed by atoms with Crippen molar-refractivity contribution in [2.24, 2.45) is 10.8 Å². The summed E-state index contributed by atoms with van der Waals surface area (Å²) in [6, 6.07) is 9.39. The van der Waals surface area contributed by atoms with Crippen LogP contribution in [0.1, 0.15) is 40.0 Å². The molecule has 0 aromatic heterocycles. The van der Waals surface area contributed by atoms with Gasteiger partial charge >= 0.3 is 0 Å². The van der Waals surface area contributed by atoms with E-state index in [0.717, 1.165) is 12.1 Å². The van der Waals surface area contributed by atoms with Crippen molar-refractivity contribution in [1.82, 2.24) is 0 Å². The molecule has 1 fully saturated rings. The third-order valence-corrected chi connectivity index (χ3v) is 3.71. The number of nitrogens with one attached hydrogen (secondary N) is 1. The molecule has 1 aliphatic rings. The van der Waals surface area contributed by atoms with Crippen molar-refractivity contribution in [1.29, 1.82) is 0 Å². The van der Waals surface area contributed by atoms with Gasteiger partial charge in [-0.25, -0.2) is 0 Å². The normalized spacial score (nSPS) is 25.9. The van der Waals surface area contributed by atoms with Crippen LogP contribution in [0.4, 0.5) is 5.69 Å². The van der Waals surface area contributed by atoms with Crippen molar-refractivity contribution >= 4 is 17.4 Å². The Hall–Kier alpha value is -1.64. The minimum Gasteiger partial charge on any atom is -0.326 e. The first-order chi connectivity index (χ1) is 8.81. The van der Waals surface area contributed by atoms with Crippen LogP contribution < -0.4 is 5.32 Å². The predicted molar refractivity (Wildman–Crippen MR) is 75.8 cm³/mol. The van der Waals surface area contributed by atoms with Crippen molar-refractivity contribution < 1.29 is 9.59 Å². The van der Waals surface area contributed by atoms with Gasteiger partial charge in [0.25, 0.3) is 0 Å². The topological polar surface area (TPSA) is 46.2 Å². The van der Waals surface area contributed by atoms with Gasteiger partial charge in [-0.05, 0) is 24.0 Å². The van der Waals surface area contributed by atoms with E-state index in [4.69, 9.17) is 0 Å². The fraction of sp³-hybridized carbons (Fsp3) is 0.500. The van der Waals surface area contributed by atoms with Gasteiger partial charge < -0.3 is 5.32 Å². The lowest BCUT2D eigenvalue weighted by atomic mass is 9.63. The van der Waals surface area contributed by atoms with E-state index in [1.54, 1.807) is 0 Å². The number of amides is 1. The van der Waals surface area contributed by atoms with E-state index in [0.29, 0.717) is 12.8 Å². The van der Waals surface area contributed by atoms with Gasteiger partial charge in [0.15, 0.2) is 0 Å². The second-order valence-electron chi connectivity index (χ2n) is 6.61. The molecule has 1 aromatic carbocycles. The fourth-order valence-corrected chi connectivity index (χ4v) is 3.18. The van der Waals surface area contributed by atoms with Crippen LogP contribution in [-0.4, -0.2) is 11.7 Å². The minimum absolute atomic E-state index is 0.0557. The summed E-state index contributed by atoms with van der Waals surface area (Å²) >= 11 is 0. The Balaban J connectivity index is 2.15. The van der Waals surface area contributed by atoms with Gasteiger partial charge in [0.1, 0.15) is 5.78 Å². The highest BCUT2D eigenvalue weighted by molar-refractivity contribution is 5.98. The molecule has 0 bridgehead atoms. The van der Waals surface area contributed by atoms with E-state index in [-0.39, 0.29) is 17.1 Å². The van der Waals surface area contributed by atoms with Crippen LogP contribution in [0.15, 0.2) is 30.3 Å². The van der Waals surface area contributed by atoms with E-state index >= 15 is 0 Å². The second-order valence-corrected chi connectivity index (χ2v) is 6.61. The molecule has 102 valence electrons. The summed E-state index contributed by atoms with van der Waals surface area (Å²) in [4.78, 5) is 24.3. The van der Waals surface area contributed by atoms with Gasteiger partial charge in [0.05, 0.1) is 5.41 Å². The SMILES string of the molecule is CC1(C)CC(=O)C[C@@](C)(C(=O)Nc2ccccc2)C1. The Morgan fingerprint density at radius 3 is 2.32 bits per heavy atom. The molecule has 0 saturated heterocycles. The standard InChI is InChI=1S/C16H21NO2/c1-15(2)9-13(18)10-16(3,11-15)14(19)17-12-7-5-4-6-8-12/h4-8H,9-11H2,1-3H3,(H,17,19)/t16-/m1/s1. The zero-order valence-corrected chi connectivity index (χ0v) is 11.8. The molecule has 0 aliphatic heterocycles. The molecule has 3 heteroatoms. The first-order valence-electron chi connectivity index (χ1n) is 6.69. The summed E-state index contributed by atoms with van der Waals surface area (Å²) < 4.78 is 0. The molecule has 1 aliphatic carbocycles. The summed E-state index contributed by atoms with van der Waals surface area (Å²) in [5.41, 5.74) is 0.0804. The minimum atomic E-state index is -0.603. The molecule has 2 rings (SSSR count). The summed E-state index contributed by atoms with van der Waals surface area (Å²) in [5, 5.41) is 2.92. The number of hydrogen-bond donors (Lipinski definition) is 1. The Morgan fingerprint density at radius 2 is 1.74 bits per heavy atom. The molecule has 0 unspecified atom stereocenters. The molecule has 1 atom stereocenters. The number of Topliss-reactive ketones (excluding diaryl/α,β-unsaturated/α-hetero) is 1. The van der Waals surface area contributed by atoms with Gasteiger partial charge in [-0.3, -0.25) is 9.59 Å². The fourth-order valence-electron chi connectivity index (χ4n) is 3.18. The lowest BCUT2D eigenvalue weighted by Crippen LogP contribution is -2.43. The Labute approximate surface area is 114 Å². The third-order valence-electron chi connectivity index (χ3n) is 3.71. The summed E-state index contributed by atoms with van der Waals surface area (Å²) in [5.74, 6) is 0.127. The number of carbonyl (C=O) groups excluding carboxylic acids is 2. The van der Waals surface area contributed by atoms with E-state index < -0.39 is 5.41 Å². The van der Waals surface area contributed by atoms with Crippen LogP contribution >= 0.6 is 0 Å². The van der Waals surface area contributed by atoms with E-state index in [9.17, 15) is 9.59 Å². The molecule has 3 nitrogen and oxygen atoms in total. The lowest BCUT2D eigenvalue weighted by molar-refractivity contribution is -0.138. The number of anilines is 1. The molecule has 19 heavy (non-hydrogen) atoms. The molecule has 0 heterocycles. The largest absolute Gasteiger partial charge is 0.326 e. The maximum Gasteiger partial charge on any atom is 0.230 e. The molecule has 1 saturated carbocycles. The van der Waals surface area contributed by atoms with Crippen LogP contribution in [-0.2, 0) is 9.59 Å². The third kappa shape index (κ3) is 3.22. The van der Waals surface area contributed by atoms with Gasteiger partial charge in [-0.1, -0.05) is 39.0 Å². The van der Waals surface area contributed by atoms with E-state index in [1.807, 2.05) is 37.3 Å². The zero-order valence-electron chi connectivity index (χ0n) is 11.8. The highest BCUT2D eigenvalue weighted by atomic mass is 16.2. The Morgan fingerprint density at radius 1 is 1.11 bits per heavy atom. The predicted octanol–water partition coefficient (Wildman–Crippen LogP) is 3.41. The Kier molecular flexibility index (Phi) is 3.48. The van der Waals surface area contributed by atoms with Gasteiger partial charge in [0, 0.05) is 18.5 Å². The second kappa shape index (κ2) is 4.80. The Bertz CT molecular complexity index is 493. The van der Waals surface area contributed by atoms with Gasteiger partial charge in [-0.2, -0.15) is 0 Å². The van der Waals surface area contributed by atoms with Crippen LogP contribution in [0.25, 0.3) is 0 Å². The number of hydrogen-bond acceptors (Lipinski definition) is 2. The van der Waals surface area contributed by atoms with Crippen LogP contribution in [0.5, 0.6) is 0 Å². The number of ketones is 1. The van der Waals surface area contributed by atoms with Gasteiger partial charge in [-0.15, -0.1) is 0 Å². The number of rotatable bonds is 2. The smallest absolute Gasteiger partial charge is 0.230 e. The van der Waals surface area contributed by atoms with Crippen molar-refractivity contribution in [3.63, 3.8) is 0 Å². The van der Waals surface area contributed by atoms with Crippen molar-refractivity contribution in [3.8, 4) is 0 Å². The number of para-hydroxylation sites is 1. The molecule has 0 radical (unpaired) electrons. The molecule has 1 N–H and O–H groups in total. The lowest BCUT2D eigenvalue weighted by Gasteiger charge is -2.40. The summed E-state index contributed by atoms with van der Waals surface area (Å²) in [7, 11) is 0. The molecular weight excluding hydrogens is 238 g/mol. The van der Waals surface area contributed by atoms with Crippen molar-refractivity contribution in [2.75, 3.05) is 5.32 Å². The number of benzene rings is 1. The molecule has 1 aromatic rings. The molecule has 1 amide bonds. The summed E-state index contributed by atoms with van der Waals surface area (Å²) in [6.07, 6.45) is 1.65. The highest BCUT2D eigenvalue weighted by Gasteiger charge is 2.45. The molecule has 0 spiro atoms. The monoisotopic (exact) mass is 259 g/mol. The van der Waals surface area contributed by atoms with Crippen LogP contribution in [0.3, 0.4) is 0 Å². The van der Waals surface area contributed by atoms with Gasteiger partial charge in [0.2, 0.25) is 5.91 Å². The van der Waals surface area contributed by atoms with Crippen LogP contribution in [0.2, 0.25) is 0 Å². The maximum absolute atomic E-state index is 12.5. The van der Waals surface area contributed by atoms with E-state index in [1.165, 1.54) is 0 Å². The molecular formula is C16H21NO2. The first-order valence-corrected chi connectivity index (χ1v) is 6.69. The van der Waals surface area contributed by atoms with Crippen LogP contribution in [0, 0.1) is 10.8 Å². The number of carbonyl (C=O) groups is 2. The van der Waals surface area contributed by atoms with E-state index in [2.05, 4.69) is 19.2 Å². The quantitative estimate of drug-likeness (QED) is 0.884. The first kappa shape index (κ1) is 13.8. The maximum atomic E-state index is 12.5. The van der Waals surface area contributed by atoms with Crippen molar-refractivity contribution in [2.45, 2.75) is 40.0 Å².